The van der Waals surface area contributed by atoms with E-state index in [0.29, 0.717) is 0 Å². The summed E-state index contributed by atoms with van der Waals surface area (Å²) in [6.07, 6.45) is 0.869. The number of ketones is 2. The molecule has 54 heavy (non-hydrogen) atoms. The Labute approximate surface area is 312 Å². The molecule has 1 aromatic heterocycles. The molecule has 0 saturated heterocycles. The molecule has 0 radical (unpaired) electrons. The Morgan fingerprint density at radius 1 is 0.370 bits per heavy atom. The highest BCUT2D eigenvalue weighted by Gasteiger charge is 2.33. The Balaban J connectivity index is 0.000000139. The number of benzene rings is 8. The van der Waals surface area contributed by atoms with Crippen LogP contribution in [-0.2, 0) is 6.42 Å². The van der Waals surface area contributed by atoms with Gasteiger partial charge in [-0.25, -0.2) is 0 Å². The Hall–Kier alpha value is -7.10. The Morgan fingerprint density at radius 2 is 0.907 bits per heavy atom. The van der Waals surface area contributed by atoms with E-state index in [1.165, 1.54) is 33.4 Å². The summed E-state index contributed by atoms with van der Waals surface area (Å²) < 4.78 is 2.25. The lowest BCUT2D eigenvalue weighted by atomic mass is 9.96. The summed E-state index contributed by atoms with van der Waals surface area (Å²) in [5.74, 6) is 0.293. The molecule has 12 rings (SSSR count). The molecule has 3 nitrogen and oxygen atoms in total. The van der Waals surface area contributed by atoms with Crippen LogP contribution in [0.25, 0.3) is 72.0 Å². The standard InChI is InChI=1S/C31H19NO.C20H12O/c33-31-27-12-5-4-10-23(27)25-18-19-26-24-11-6-7-13-28(24)32(30(26)29(25)31)22-16-14-21(15-17-22)20-8-2-1-3-9-20;21-20-17-8-4-3-7-14(17)16-10-9-15-13-6-2-1-5-12(13)11-18(15)19(16)20/h1-19H;1-10H,11H2. The predicted octanol–water partition coefficient (Wildman–Crippen LogP) is 12.1. The molecule has 0 N–H and O–H groups in total. The molecule has 0 amide bonds. The summed E-state index contributed by atoms with van der Waals surface area (Å²) >= 11 is 0. The van der Waals surface area contributed by atoms with Gasteiger partial charge < -0.3 is 4.57 Å². The minimum atomic E-state index is 0.108. The van der Waals surface area contributed by atoms with Gasteiger partial charge in [-0.15, -0.1) is 0 Å². The normalized spacial score (nSPS) is 12.8. The first-order valence-corrected chi connectivity index (χ1v) is 18.4. The summed E-state index contributed by atoms with van der Waals surface area (Å²) in [7, 11) is 0. The lowest BCUT2D eigenvalue weighted by Gasteiger charge is -2.11. The van der Waals surface area contributed by atoms with Gasteiger partial charge >= 0.3 is 0 Å². The highest BCUT2D eigenvalue weighted by molar-refractivity contribution is 6.29. The van der Waals surface area contributed by atoms with E-state index in [1.54, 1.807) is 0 Å². The van der Waals surface area contributed by atoms with Crippen molar-refractivity contribution in [2.75, 3.05) is 0 Å². The van der Waals surface area contributed by atoms with Gasteiger partial charge in [0.2, 0.25) is 0 Å². The largest absolute Gasteiger partial charge is 0.308 e. The van der Waals surface area contributed by atoms with Crippen molar-refractivity contribution >= 4 is 33.4 Å². The second-order valence-corrected chi connectivity index (χ2v) is 14.2. The third kappa shape index (κ3) is 4.36. The molecule has 3 aliphatic carbocycles. The molecule has 0 unspecified atom stereocenters. The third-order valence-electron chi connectivity index (χ3n) is 11.4. The molecule has 3 heteroatoms. The van der Waals surface area contributed by atoms with Crippen LogP contribution in [0.3, 0.4) is 0 Å². The molecule has 0 saturated carbocycles. The minimum Gasteiger partial charge on any atom is -0.308 e. The van der Waals surface area contributed by atoms with Crippen molar-refractivity contribution in [1.29, 1.82) is 0 Å². The molecule has 8 aromatic carbocycles. The molecule has 1 heterocycles. The van der Waals surface area contributed by atoms with E-state index in [9.17, 15) is 9.59 Å². The Morgan fingerprint density at radius 3 is 1.65 bits per heavy atom. The Kier molecular flexibility index (Phi) is 6.62. The van der Waals surface area contributed by atoms with Gasteiger partial charge in [0.25, 0.3) is 0 Å². The van der Waals surface area contributed by atoms with Gasteiger partial charge in [0, 0.05) is 33.2 Å². The van der Waals surface area contributed by atoms with Crippen molar-refractivity contribution in [1.82, 2.24) is 4.57 Å². The molecular formula is C51H31NO2. The third-order valence-corrected chi connectivity index (χ3v) is 11.4. The van der Waals surface area contributed by atoms with Crippen molar-refractivity contribution in [2.45, 2.75) is 6.42 Å². The first kappa shape index (κ1) is 30.5. The van der Waals surface area contributed by atoms with Crippen LogP contribution in [0.2, 0.25) is 0 Å². The molecule has 9 aromatic rings. The highest BCUT2D eigenvalue weighted by atomic mass is 16.1. The van der Waals surface area contributed by atoms with E-state index < -0.39 is 0 Å². The number of aromatic nitrogens is 1. The fourth-order valence-corrected chi connectivity index (χ4v) is 9.01. The zero-order chi connectivity index (χ0) is 35.9. The maximum atomic E-state index is 13.6. The number of nitrogens with zero attached hydrogens (tertiary/aromatic N) is 1. The second kappa shape index (κ2) is 11.7. The van der Waals surface area contributed by atoms with Crippen LogP contribution in [0.15, 0.2) is 176 Å². The second-order valence-electron chi connectivity index (χ2n) is 14.2. The molecule has 0 fully saturated rings. The van der Waals surface area contributed by atoms with Crippen LogP contribution >= 0.6 is 0 Å². The molecular weight excluding hydrogens is 659 g/mol. The van der Waals surface area contributed by atoms with Crippen molar-refractivity contribution in [3.05, 3.63) is 209 Å². The lowest BCUT2D eigenvalue weighted by Crippen LogP contribution is -2.01. The van der Waals surface area contributed by atoms with Gasteiger partial charge in [0.1, 0.15) is 0 Å². The summed E-state index contributed by atoms with van der Waals surface area (Å²) in [6.45, 7) is 0. The van der Waals surface area contributed by atoms with Crippen LogP contribution in [0.5, 0.6) is 0 Å². The van der Waals surface area contributed by atoms with E-state index in [0.717, 1.165) is 78.4 Å². The first-order valence-electron chi connectivity index (χ1n) is 18.4. The minimum absolute atomic E-state index is 0.108. The van der Waals surface area contributed by atoms with Crippen LogP contribution in [0, 0.1) is 0 Å². The summed E-state index contributed by atoms with van der Waals surface area (Å²) in [5.41, 5.74) is 18.1. The molecule has 252 valence electrons. The molecule has 0 aliphatic heterocycles. The van der Waals surface area contributed by atoms with Crippen molar-refractivity contribution in [3.8, 4) is 50.2 Å². The van der Waals surface area contributed by atoms with E-state index in [2.05, 4.69) is 126 Å². The van der Waals surface area contributed by atoms with Crippen LogP contribution in [0.4, 0.5) is 0 Å². The zero-order valence-electron chi connectivity index (χ0n) is 29.2. The monoisotopic (exact) mass is 689 g/mol. The number of rotatable bonds is 2. The van der Waals surface area contributed by atoms with Gasteiger partial charge in [0.15, 0.2) is 11.6 Å². The van der Waals surface area contributed by atoms with Gasteiger partial charge in [-0.3, -0.25) is 9.59 Å². The molecule has 0 atom stereocenters. The number of carbonyl (C=O) groups excluding carboxylic acids is 2. The molecule has 3 aliphatic rings. The van der Waals surface area contributed by atoms with Crippen molar-refractivity contribution < 1.29 is 9.59 Å². The van der Waals surface area contributed by atoms with Crippen LogP contribution < -0.4 is 0 Å². The average Bonchev–Trinajstić information content (AvgIpc) is 3.95. The molecule has 0 bridgehead atoms. The maximum absolute atomic E-state index is 13.6. The number of carbonyl (C=O) groups is 2. The smallest absolute Gasteiger partial charge is 0.196 e. The van der Waals surface area contributed by atoms with E-state index in [1.807, 2.05) is 54.6 Å². The van der Waals surface area contributed by atoms with E-state index in [4.69, 9.17) is 0 Å². The van der Waals surface area contributed by atoms with E-state index in [-0.39, 0.29) is 11.6 Å². The van der Waals surface area contributed by atoms with Gasteiger partial charge in [-0.1, -0.05) is 158 Å². The first-order chi connectivity index (χ1) is 26.7. The fraction of sp³-hybridized carbons (Fsp3) is 0.0196. The maximum Gasteiger partial charge on any atom is 0.196 e. The molecule has 0 spiro atoms. The predicted molar refractivity (Wildman–Crippen MR) is 219 cm³/mol. The van der Waals surface area contributed by atoms with Gasteiger partial charge in [-0.2, -0.15) is 0 Å². The number of hydrogen-bond acceptors (Lipinski definition) is 2. The lowest BCUT2D eigenvalue weighted by molar-refractivity contribution is 0.103. The topological polar surface area (TPSA) is 39.1 Å². The zero-order valence-corrected chi connectivity index (χ0v) is 29.2. The van der Waals surface area contributed by atoms with E-state index >= 15 is 0 Å². The average molecular weight is 690 g/mol. The van der Waals surface area contributed by atoms with Crippen LogP contribution in [0.1, 0.15) is 43.0 Å². The number of para-hydroxylation sites is 1. The summed E-state index contributed by atoms with van der Waals surface area (Å²) in [4.78, 5) is 26.4. The van der Waals surface area contributed by atoms with Gasteiger partial charge in [-0.05, 0) is 80.3 Å². The quantitative estimate of drug-likeness (QED) is 0.181. The number of fused-ring (bicyclic) bond motifs is 14. The van der Waals surface area contributed by atoms with Crippen molar-refractivity contribution in [2.24, 2.45) is 0 Å². The summed E-state index contributed by atoms with van der Waals surface area (Å²) in [6, 6.07) is 60.3. The van der Waals surface area contributed by atoms with Crippen molar-refractivity contribution in [3.63, 3.8) is 0 Å². The van der Waals surface area contributed by atoms with Gasteiger partial charge in [0.05, 0.1) is 16.6 Å². The SMILES string of the molecule is O=C1c2ccccc2-c2ccc3c(c21)Cc1ccccc1-3.O=C1c2ccccc2-c2ccc3c4ccccc4n(-c4ccc(-c5ccccc5)cc4)c3c21. The summed E-state index contributed by atoms with van der Waals surface area (Å²) in [5, 5.41) is 2.27. The Bertz CT molecular complexity index is 3040. The van der Waals surface area contributed by atoms with Crippen LogP contribution in [-0.4, -0.2) is 16.1 Å². The fourth-order valence-electron chi connectivity index (χ4n) is 9.01. The highest BCUT2D eigenvalue weighted by Crippen LogP contribution is 2.47. The number of hydrogen-bond donors (Lipinski definition) is 0.